The Bertz CT molecular complexity index is 385. The smallest absolute Gasteiger partial charge is 0.224 e. The van der Waals surface area contributed by atoms with Crippen molar-refractivity contribution in [3.63, 3.8) is 0 Å². The highest BCUT2D eigenvalue weighted by molar-refractivity contribution is 5.46. The fraction of sp³-hybridized carbons (Fsp3) is 0.714. The summed E-state index contributed by atoms with van der Waals surface area (Å²) in [5, 5.41) is 6.58. The predicted molar refractivity (Wildman–Crippen MR) is 78.0 cm³/mol. The summed E-state index contributed by atoms with van der Waals surface area (Å²) in [6.07, 6.45) is 1.86. The number of aryl methyl sites for hydroxylation is 1. The normalized spacial score (nSPS) is 11.7. The van der Waals surface area contributed by atoms with Crippen LogP contribution in [0.3, 0.4) is 0 Å². The molecular formula is C14H26N4. The lowest BCUT2D eigenvalue weighted by molar-refractivity contribution is 0.269. The van der Waals surface area contributed by atoms with E-state index in [1.807, 2.05) is 20.0 Å². The summed E-state index contributed by atoms with van der Waals surface area (Å²) >= 11 is 0. The van der Waals surface area contributed by atoms with Gasteiger partial charge in [0.15, 0.2) is 0 Å². The lowest BCUT2D eigenvalue weighted by atomic mass is 9.81. The predicted octanol–water partition coefficient (Wildman–Crippen LogP) is 3.31. The number of nitrogens with zero attached hydrogens (tertiary/aromatic N) is 2. The van der Waals surface area contributed by atoms with Crippen molar-refractivity contribution >= 4 is 11.8 Å². The van der Waals surface area contributed by atoms with Gasteiger partial charge >= 0.3 is 0 Å². The molecule has 0 aromatic carbocycles. The van der Waals surface area contributed by atoms with Gasteiger partial charge in [-0.15, -0.1) is 0 Å². The monoisotopic (exact) mass is 250 g/mol. The molecule has 0 fully saturated rings. The van der Waals surface area contributed by atoms with E-state index in [4.69, 9.17) is 0 Å². The standard InChI is InChI=1S/C14H26N4/c1-7-15-13-16-8-11(4)12(18-13)17-9-14(5,6)10(2)3/h8,10H,7,9H2,1-6H3,(H2,15,16,17,18). The highest BCUT2D eigenvalue weighted by Gasteiger charge is 2.22. The lowest BCUT2D eigenvalue weighted by Gasteiger charge is -2.29. The fourth-order valence-electron chi connectivity index (χ4n) is 1.38. The van der Waals surface area contributed by atoms with Crippen LogP contribution in [0.15, 0.2) is 6.20 Å². The second-order valence-corrected chi connectivity index (χ2v) is 5.75. The summed E-state index contributed by atoms with van der Waals surface area (Å²) in [6.45, 7) is 14.8. The largest absolute Gasteiger partial charge is 0.369 e. The molecule has 0 saturated heterocycles. The first-order valence-corrected chi connectivity index (χ1v) is 6.68. The van der Waals surface area contributed by atoms with Crippen LogP contribution in [-0.4, -0.2) is 23.1 Å². The van der Waals surface area contributed by atoms with Gasteiger partial charge < -0.3 is 10.6 Å². The highest BCUT2D eigenvalue weighted by atomic mass is 15.1. The Morgan fingerprint density at radius 3 is 2.50 bits per heavy atom. The van der Waals surface area contributed by atoms with Crippen molar-refractivity contribution in [2.45, 2.75) is 41.5 Å². The quantitative estimate of drug-likeness (QED) is 0.813. The molecule has 1 aromatic rings. The third-order valence-corrected chi connectivity index (χ3v) is 3.58. The van der Waals surface area contributed by atoms with Crippen molar-refractivity contribution in [3.05, 3.63) is 11.8 Å². The van der Waals surface area contributed by atoms with Gasteiger partial charge in [-0.1, -0.05) is 27.7 Å². The van der Waals surface area contributed by atoms with E-state index in [0.717, 1.165) is 24.5 Å². The second kappa shape index (κ2) is 6.03. The van der Waals surface area contributed by atoms with Crippen LogP contribution >= 0.6 is 0 Å². The Labute approximate surface area is 111 Å². The van der Waals surface area contributed by atoms with Gasteiger partial charge in [-0.05, 0) is 25.2 Å². The molecule has 0 atom stereocenters. The Hall–Kier alpha value is -1.32. The summed E-state index contributed by atoms with van der Waals surface area (Å²) in [7, 11) is 0. The van der Waals surface area contributed by atoms with Gasteiger partial charge in [0.05, 0.1) is 0 Å². The summed E-state index contributed by atoms with van der Waals surface area (Å²) in [5.41, 5.74) is 1.33. The average Bonchev–Trinajstić information content (AvgIpc) is 2.30. The van der Waals surface area contributed by atoms with Crippen molar-refractivity contribution < 1.29 is 0 Å². The van der Waals surface area contributed by atoms with E-state index >= 15 is 0 Å². The zero-order chi connectivity index (χ0) is 13.8. The molecule has 1 heterocycles. The van der Waals surface area contributed by atoms with Crippen molar-refractivity contribution in [3.8, 4) is 0 Å². The number of anilines is 2. The molecule has 0 aliphatic heterocycles. The molecule has 1 rings (SSSR count). The summed E-state index contributed by atoms with van der Waals surface area (Å²) < 4.78 is 0. The maximum atomic E-state index is 4.49. The molecule has 0 aliphatic rings. The van der Waals surface area contributed by atoms with Crippen LogP contribution in [0.4, 0.5) is 11.8 Å². The second-order valence-electron chi connectivity index (χ2n) is 5.75. The number of aromatic nitrogens is 2. The SMILES string of the molecule is CCNc1ncc(C)c(NCC(C)(C)C(C)C)n1. The van der Waals surface area contributed by atoms with Crippen molar-refractivity contribution in [2.75, 3.05) is 23.7 Å². The Balaban J connectivity index is 2.75. The van der Waals surface area contributed by atoms with Gasteiger partial charge in [-0.2, -0.15) is 4.98 Å². The van der Waals surface area contributed by atoms with E-state index in [-0.39, 0.29) is 5.41 Å². The molecule has 0 spiro atoms. The summed E-state index contributed by atoms with van der Waals surface area (Å²) in [5.74, 6) is 2.24. The Morgan fingerprint density at radius 1 is 1.28 bits per heavy atom. The highest BCUT2D eigenvalue weighted by Crippen LogP contribution is 2.26. The summed E-state index contributed by atoms with van der Waals surface area (Å²) in [4.78, 5) is 8.74. The maximum absolute atomic E-state index is 4.49. The minimum Gasteiger partial charge on any atom is -0.369 e. The molecule has 2 N–H and O–H groups in total. The first kappa shape index (κ1) is 14.7. The van der Waals surface area contributed by atoms with Crippen LogP contribution in [0.5, 0.6) is 0 Å². The molecule has 0 radical (unpaired) electrons. The molecule has 0 aliphatic carbocycles. The molecule has 102 valence electrons. The van der Waals surface area contributed by atoms with E-state index in [2.05, 4.69) is 48.3 Å². The van der Waals surface area contributed by atoms with Crippen LogP contribution in [-0.2, 0) is 0 Å². The molecule has 4 nitrogen and oxygen atoms in total. The molecule has 0 amide bonds. The third-order valence-electron chi connectivity index (χ3n) is 3.58. The molecule has 0 bridgehead atoms. The van der Waals surface area contributed by atoms with Crippen molar-refractivity contribution in [1.82, 2.24) is 9.97 Å². The third kappa shape index (κ3) is 3.86. The zero-order valence-corrected chi connectivity index (χ0v) is 12.5. The van der Waals surface area contributed by atoms with E-state index in [0.29, 0.717) is 11.9 Å². The van der Waals surface area contributed by atoms with Crippen LogP contribution in [0.2, 0.25) is 0 Å². The van der Waals surface area contributed by atoms with E-state index in [9.17, 15) is 0 Å². The van der Waals surface area contributed by atoms with E-state index in [1.165, 1.54) is 0 Å². The maximum Gasteiger partial charge on any atom is 0.224 e. The Morgan fingerprint density at radius 2 is 1.94 bits per heavy atom. The van der Waals surface area contributed by atoms with E-state index < -0.39 is 0 Å². The van der Waals surface area contributed by atoms with Gasteiger partial charge in [0.25, 0.3) is 0 Å². The summed E-state index contributed by atoms with van der Waals surface area (Å²) in [6, 6.07) is 0. The first-order chi connectivity index (χ1) is 8.36. The molecule has 0 unspecified atom stereocenters. The van der Waals surface area contributed by atoms with Gasteiger partial charge in [-0.3, -0.25) is 0 Å². The number of nitrogens with one attached hydrogen (secondary N) is 2. The Kier molecular flexibility index (Phi) is 4.93. The van der Waals surface area contributed by atoms with Gasteiger partial charge in [0, 0.05) is 24.8 Å². The number of hydrogen-bond acceptors (Lipinski definition) is 4. The minimum atomic E-state index is 0.246. The number of hydrogen-bond donors (Lipinski definition) is 2. The topological polar surface area (TPSA) is 49.8 Å². The lowest BCUT2D eigenvalue weighted by Crippen LogP contribution is -2.29. The molecule has 0 saturated carbocycles. The molecule has 1 aromatic heterocycles. The first-order valence-electron chi connectivity index (χ1n) is 6.68. The molecule has 4 heteroatoms. The van der Waals surface area contributed by atoms with Crippen LogP contribution in [0.1, 0.15) is 40.2 Å². The van der Waals surface area contributed by atoms with Crippen molar-refractivity contribution in [1.29, 1.82) is 0 Å². The molecular weight excluding hydrogens is 224 g/mol. The molecule has 18 heavy (non-hydrogen) atoms. The van der Waals surface area contributed by atoms with Gasteiger partial charge in [0.1, 0.15) is 5.82 Å². The average molecular weight is 250 g/mol. The zero-order valence-electron chi connectivity index (χ0n) is 12.5. The van der Waals surface area contributed by atoms with Crippen molar-refractivity contribution in [2.24, 2.45) is 11.3 Å². The van der Waals surface area contributed by atoms with Crippen LogP contribution in [0.25, 0.3) is 0 Å². The van der Waals surface area contributed by atoms with E-state index in [1.54, 1.807) is 0 Å². The number of rotatable bonds is 6. The minimum absolute atomic E-state index is 0.246. The van der Waals surface area contributed by atoms with Gasteiger partial charge in [-0.25, -0.2) is 4.98 Å². The van der Waals surface area contributed by atoms with Gasteiger partial charge in [0.2, 0.25) is 5.95 Å². The van der Waals surface area contributed by atoms with Crippen LogP contribution in [0, 0.1) is 18.3 Å². The fourth-order valence-corrected chi connectivity index (χ4v) is 1.38. The van der Waals surface area contributed by atoms with Crippen LogP contribution < -0.4 is 10.6 Å².